The second kappa shape index (κ2) is 8.00. The molecular weight excluding hydrogens is 344 g/mol. The minimum absolute atomic E-state index is 0.0776. The molecule has 2 aromatic rings. The highest BCUT2D eigenvalue weighted by Crippen LogP contribution is 2.26. The van der Waals surface area contributed by atoms with Gasteiger partial charge in [0.25, 0.3) is 0 Å². The molecule has 1 atom stereocenters. The van der Waals surface area contributed by atoms with Crippen molar-refractivity contribution in [3.05, 3.63) is 41.6 Å². The van der Waals surface area contributed by atoms with Crippen LogP contribution in [0.25, 0.3) is 0 Å². The molecule has 2 amide bonds. The van der Waals surface area contributed by atoms with Crippen molar-refractivity contribution in [3.8, 4) is 5.75 Å². The van der Waals surface area contributed by atoms with E-state index in [4.69, 9.17) is 9.47 Å². The summed E-state index contributed by atoms with van der Waals surface area (Å²) in [6.45, 7) is 3.70. The molecule has 1 N–H and O–H groups in total. The van der Waals surface area contributed by atoms with E-state index >= 15 is 0 Å². The Morgan fingerprint density at radius 3 is 3.04 bits per heavy atom. The van der Waals surface area contributed by atoms with Crippen LogP contribution in [0.15, 0.2) is 30.5 Å². The predicted molar refractivity (Wildman–Crippen MR) is 102 cm³/mol. The van der Waals surface area contributed by atoms with Crippen LogP contribution in [0.2, 0.25) is 0 Å². The number of hydrogen-bond acceptors (Lipinski definition) is 4. The van der Waals surface area contributed by atoms with Gasteiger partial charge >= 0.3 is 6.03 Å². The van der Waals surface area contributed by atoms with Crippen molar-refractivity contribution < 1.29 is 14.3 Å². The number of benzene rings is 1. The summed E-state index contributed by atoms with van der Waals surface area (Å²) in [5.74, 6) is 2.11. The summed E-state index contributed by atoms with van der Waals surface area (Å²) in [4.78, 5) is 14.7. The molecule has 0 spiro atoms. The van der Waals surface area contributed by atoms with Crippen molar-refractivity contribution >= 4 is 11.8 Å². The van der Waals surface area contributed by atoms with Crippen LogP contribution < -0.4 is 10.1 Å². The highest BCUT2D eigenvalue weighted by Gasteiger charge is 2.22. The van der Waals surface area contributed by atoms with Gasteiger partial charge < -0.3 is 14.4 Å². The molecule has 2 aliphatic rings. The van der Waals surface area contributed by atoms with Gasteiger partial charge in [0.2, 0.25) is 0 Å². The number of hydrogen-bond donors (Lipinski definition) is 1. The number of aromatic nitrogens is 2. The van der Waals surface area contributed by atoms with Gasteiger partial charge in [-0.05, 0) is 36.5 Å². The topological polar surface area (TPSA) is 68.6 Å². The molecule has 7 heteroatoms. The molecule has 1 unspecified atom stereocenters. The fourth-order valence-corrected chi connectivity index (χ4v) is 3.88. The number of urea groups is 1. The van der Waals surface area contributed by atoms with Gasteiger partial charge in [-0.3, -0.25) is 5.32 Å². The molecular formula is C20H26N4O3. The van der Waals surface area contributed by atoms with Crippen LogP contribution in [-0.4, -0.2) is 54.1 Å². The minimum Gasteiger partial charge on any atom is -0.496 e. The van der Waals surface area contributed by atoms with Crippen molar-refractivity contribution in [2.24, 2.45) is 5.92 Å². The Morgan fingerprint density at radius 1 is 1.33 bits per heavy atom. The van der Waals surface area contributed by atoms with E-state index in [-0.39, 0.29) is 6.03 Å². The zero-order valence-corrected chi connectivity index (χ0v) is 15.7. The Balaban J connectivity index is 1.40. The average Bonchev–Trinajstić information content (AvgIpc) is 3.29. The fourth-order valence-electron chi connectivity index (χ4n) is 3.88. The second-order valence-corrected chi connectivity index (χ2v) is 7.14. The van der Waals surface area contributed by atoms with E-state index in [9.17, 15) is 4.79 Å². The van der Waals surface area contributed by atoms with E-state index < -0.39 is 0 Å². The molecule has 0 radical (unpaired) electrons. The van der Waals surface area contributed by atoms with Crippen LogP contribution in [0.4, 0.5) is 10.6 Å². The van der Waals surface area contributed by atoms with Crippen LogP contribution in [0, 0.1) is 5.92 Å². The van der Waals surface area contributed by atoms with E-state index in [1.807, 2.05) is 27.8 Å². The van der Waals surface area contributed by atoms with Gasteiger partial charge in [0.05, 0.1) is 19.9 Å². The van der Waals surface area contributed by atoms with Gasteiger partial charge in [-0.2, -0.15) is 5.10 Å². The predicted octanol–water partition coefficient (Wildman–Crippen LogP) is 2.56. The number of ether oxygens (including phenoxy) is 2. The van der Waals surface area contributed by atoms with Gasteiger partial charge in [0.1, 0.15) is 11.6 Å². The maximum Gasteiger partial charge on any atom is 0.323 e. The third-order valence-electron chi connectivity index (χ3n) is 5.43. The van der Waals surface area contributed by atoms with Crippen LogP contribution in [0.3, 0.4) is 0 Å². The zero-order valence-electron chi connectivity index (χ0n) is 15.7. The molecule has 0 aliphatic carbocycles. The highest BCUT2D eigenvalue weighted by atomic mass is 16.5. The van der Waals surface area contributed by atoms with Gasteiger partial charge in [-0.1, -0.05) is 12.1 Å². The number of methoxy groups -OCH3 is 1. The summed E-state index contributed by atoms with van der Waals surface area (Å²) in [5, 5.41) is 7.40. The Morgan fingerprint density at radius 2 is 2.22 bits per heavy atom. The monoisotopic (exact) mass is 370 g/mol. The number of rotatable bonds is 4. The second-order valence-electron chi connectivity index (χ2n) is 7.14. The molecule has 1 fully saturated rings. The van der Waals surface area contributed by atoms with Gasteiger partial charge in [-0.25, -0.2) is 9.48 Å². The maximum absolute atomic E-state index is 12.8. The van der Waals surface area contributed by atoms with Gasteiger partial charge in [-0.15, -0.1) is 0 Å². The summed E-state index contributed by atoms with van der Waals surface area (Å²) < 4.78 is 12.8. The van der Waals surface area contributed by atoms with E-state index in [1.165, 1.54) is 11.1 Å². The Kier molecular flexibility index (Phi) is 5.29. The van der Waals surface area contributed by atoms with Crippen LogP contribution >= 0.6 is 0 Å². The Bertz CT molecular complexity index is 798. The van der Waals surface area contributed by atoms with E-state index in [2.05, 4.69) is 16.5 Å². The lowest BCUT2D eigenvalue weighted by molar-refractivity contribution is 0.181. The molecule has 1 aromatic heterocycles. The van der Waals surface area contributed by atoms with Gasteiger partial charge in [0, 0.05) is 38.2 Å². The van der Waals surface area contributed by atoms with Crippen molar-refractivity contribution in [1.29, 1.82) is 0 Å². The molecule has 7 nitrogen and oxygen atoms in total. The van der Waals surface area contributed by atoms with E-state index in [0.29, 0.717) is 19.0 Å². The number of carbonyl (C=O) groups excluding carboxylic acids is 1. The molecule has 0 saturated carbocycles. The fraction of sp³-hybridized carbons (Fsp3) is 0.500. The van der Waals surface area contributed by atoms with Gasteiger partial charge in [0.15, 0.2) is 0 Å². The van der Waals surface area contributed by atoms with Crippen molar-refractivity contribution in [2.45, 2.75) is 25.8 Å². The average molecular weight is 370 g/mol. The molecule has 4 rings (SSSR count). The molecule has 1 aromatic carbocycles. The molecule has 3 heterocycles. The minimum atomic E-state index is -0.0776. The van der Waals surface area contributed by atoms with Crippen LogP contribution in [0.1, 0.15) is 17.5 Å². The first-order chi connectivity index (χ1) is 13.2. The number of nitrogens with one attached hydrogen (secondary N) is 1. The third-order valence-corrected chi connectivity index (χ3v) is 5.43. The number of amides is 2. The SMILES string of the molecule is COc1cccc2c1CCN(C(=O)Nc1ccnn1CC1CCOC1)CC2. The summed E-state index contributed by atoms with van der Waals surface area (Å²) in [5.41, 5.74) is 2.47. The lowest BCUT2D eigenvalue weighted by Gasteiger charge is -2.21. The van der Waals surface area contributed by atoms with Crippen molar-refractivity contribution in [2.75, 3.05) is 38.7 Å². The summed E-state index contributed by atoms with van der Waals surface area (Å²) in [6, 6.07) is 7.89. The number of fused-ring (bicyclic) bond motifs is 1. The molecule has 1 saturated heterocycles. The van der Waals surface area contributed by atoms with E-state index in [0.717, 1.165) is 50.6 Å². The standard InChI is InChI=1S/C20H26N4O3/c1-26-18-4-2-3-16-6-10-23(11-7-17(16)18)20(25)22-19-5-9-21-24(19)13-15-8-12-27-14-15/h2-5,9,15H,6-8,10-14H2,1H3,(H,22,25). The lowest BCUT2D eigenvalue weighted by atomic mass is 10.0. The summed E-state index contributed by atoms with van der Waals surface area (Å²) >= 11 is 0. The number of carbonyl (C=O) groups is 1. The summed E-state index contributed by atoms with van der Waals surface area (Å²) in [7, 11) is 1.70. The van der Waals surface area contributed by atoms with Crippen LogP contribution in [0.5, 0.6) is 5.75 Å². The molecule has 0 bridgehead atoms. The lowest BCUT2D eigenvalue weighted by Crippen LogP contribution is -2.37. The smallest absolute Gasteiger partial charge is 0.323 e. The Labute approximate surface area is 159 Å². The first-order valence-electron chi connectivity index (χ1n) is 9.55. The normalized spacial score (nSPS) is 19.4. The first-order valence-corrected chi connectivity index (χ1v) is 9.55. The maximum atomic E-state index is 12.8. The van der Waals surface area contributed by atoms with Crippen LogP contribution in [-0.2, 0) is 24.1 Å². The molecule has 2 aliphatic heterocycles. The number of anilines is 1. The highest BCUT2D eigenvalue weighted by molar-refractivity contribution is 5.88. The zero-order chi connectivity index (χ0) is 18.6. The van der Waals surface area contributed by atoms with Crippen molar-refractivity contribution in [3.63, 3.8) is 0 Å². The van der Waals surface area contributed by atoms with Crippen molar-refractivity contribution in [1.82, 2.24) is 14.7 Å². The largest absolute Gasteiger partial charge is 0.496 e. The first kappa shape index (κ1) is 17.9. The third kappa shape index (κ3) is 3.93. The quantitative estimate of drug-likeness (QED) is 0.898. The number of nitrogens with zero attached hydrogens (tertiary/aromatic N) is 3. The molecule has 27 heavy (non-hydrogen) atoms. The summed E-state index contributed by atoms with van der Waals surface area (Å²) in [6.07, 6.45) is 4.40. The Hall–Kier alpha value is -2.54. The van der Waals surface area contributed by atoms with E-state index in [1.54, 1.807) is 13.3 Å². The molecule has 144 valence electrons.